The van der Waals surface area contributed by atoms with Crippen molar-refractivity contribution in [1.82, 2.24) is 10.2 Å². The monoisotopic (exact) mass is 266 g/mol. The summed E-state index contributed by atoms with van der Waals surface area (Å²) < 4.78 is 0. The highest BCUT2D eigenvalue weighted by Gasteiger charge is 2.21. The molecule has 0 unspecified atom stereocenters. The lowest BCUT2D eigenvalue weighted by molar-refractivity contribution is -0.120. The minimum absolute atomic E-state index is 0.0136. The van der Waals surface area contributed by atoms with Gasteiger partial charge < -0.3 is 10.2 Å². The molecule has 1 aliphatic rings. The zero-order valence-corrected chi connectivity index (χ0v) is 11.0. The third-order valence-corrected chi connectivity index (χ3v) is 3.27. The van der Waals surface area contributed by atoms with Gasteiger partial charge in [0.25, 0.3) is 5.91 Å². The summed E-state index contributed by atoms with van der Waals surface area (Å²) >= 11 is 6.08. The Morgan fingerprint density at radius 3 is 2.89 bits per heavy atom. The maximum Gasteiger partial charge on any atom is 0.255 e. The molecule has 18 heavy (non-hydrogen) atoms. The van der Waals surface area contributed by atoms with Crippen molar-refractivity contribution in [2.75, 3.05) is 19.6 Å². The lowest BCUT2D eigenvalue weighted by Gasteiger charge is -2.20. The molecule has 1 aromatic carbocycles. The van der Waals surface area contributed by atoms with Gasteiger partial charge in [-0.05, 0) is 24.6 Å². The van der Waals surface area contributed by atoms with E-state index in [1.807, 2.05) is 13.0 Å². The molecule has 0 saturated carbocycles. The molecule has 1 saturated heterocycles. The summed E-state index contributed by atoms with van der Waals surface area (Å²) in [7, 11) is 0. The molecule has 2 amide bonds. The van der Waals surface area contributed by atoms with Gasteiger partial charge in [0.05, 0.1) is 10.6 Å². The first-order chi connectivity index (χ1) is 8.58. The predicted molar refractivity (Wildman–Crippen MR) is 69.7 cm³/mol. The molecule has 0 aromatic heterocycles. The van der Waals surface area contributed by atoms with Crippen LogP contribution in [0.25, 0.3) is 0 Å². The van der Waals surface area contributed by atoms with Crippen LogP contribution in [0.1, 0.15) is 22.3 Å². The summed E-state index contributed by atoms with van der Waals surface area (Å²) in [6.45, 7) is 3.38. The minimum Gasteiger partial charge on any atom is -0.354 e. The first-order valence-electron chi connectivity index (χ1n) is 5.90. The number of hydrogen-bond donors (Lipinski definition) is 1. The standard InChI is InChI=1S/C13H15ClN2O2/c1-9-2-3-10(11(14)8-9)13(18)16-6-4-12(17)15-5-7-16/h2-3,8H,4-7H2,1H3,(H,15,17). The van der Waals surface area contributed by atoms with Gasteiger partial charge in [-0.2, -0.15) is 0 Å². The number of rotatable bonds is 1. The molecular formula is C13H15ClN2O2. The van der Waals surface area contributed by atoms with Crippen LogP contribution in [0.4, 0.5) is 0 Å². The highest BCUT2D eigenvalue weighted by molar-refractivity contribution is 6.33. The van der Waals surface area contributed by atoms with Crippen molar-refractivity contribution in [2.45, 2.75) is 13.3 Å². The van der Waals surface area contributed by atoms with Crippen LogP contribution in [0.5, 0.6) is 0 Å². The van der Waals surface area contributed by atoms with Gasteiger partial charge in [0.2, 0.25) is 5.91 Å². The second-order valence-electron chi connectivity index (χ2n) is 4.38. The normalized spacial score (nSPS) is 16.1. The fourth-order valence-electron chi connectivity index (χ4n) is 1.93. The zero-order chi connectivity index (χ0) is 13.1. The Morgan fingerprint density at radius 2 is 2.17 bits per heavy atom. The van der Waals surface area contributed by atoms with E-state index >= 15 is 0 Å². The van der Waals surface area contributed by atoms with Crippen LogP contribution in [0.15, 0.2) is 18.2 Å². The number of hydrogen-bond acceptors (Lipinski definition) is 2. The van der Waals surface area contributed by atoms with E-state index in [1.165, 1.54) is 0 Å². The Hall–Kier alpha value is -1.55. The SMILES string of the molecule is Cc1ccc(C(=O)N2CCNC(=O)CC2)c(Cl)c1. The third-order valence-electron chi connectivity index (χ3n) is 2.95. The van der Waals surface area contributed by atoms with E-state index in [0.29, 0.717) is 36.6 Å². The highest BCUT2D eigenvalue weighted by Crippen LogP contribution is 2.19. The fourth-order valence-corrected chi connectivity index (χ4v) is 2.25. The van der Waals surface area contributed by atoms with Crippen molar-refractivity contribution in [3.05, 3.63) is 34.3 Å². The molecule has 1 fully saturated rings. The molecule has 5 heteroatoms. The van der Waals surface area contributed by atoms with E-state index in [-0.39, 0.29) is 11.8 Å². The van der Waals surface area contributed by atoms with Gasteiger partial charge >= 0.3 is 0 Å². The van der Waals surface area contributed by atoms with Crippen LogP contribution < -0.4 is 5.32 Å². The van der Waals surface area contributed by atoms with Gasteiger partial charge in [0.15, 0.2) is 0 Å². The summed E-state index contributed by atoms with van der Waals surface area (Å²) in [4.78, 5) is 25.2. The van der Waals surface area contributed by atoms with Gasteiger partial charge in [-0.25, -0.2) is 0 Å². The summed E-state index contributed by atoms with van der Waals surface area (Å²) in [5.41, 5.74) is 1.51. The maximum absolute atomic E-state index is 12.3. The number of halogens is 1. The Kier molecular flexibility index (Phi) is 3.87. The van der Waals surface area contributed by atoms with Crippen LogP contribution in [0, 0.1) is 6.92 Å². The summed E-state index contributed by atoms with van der Waals surface area (Å²) in [5.74, 6) is -0.128. The van der Waals surface area contributed by atoms with Crippen molar-refractivity contribution in [2.24, 2.45) is 0 Å². The van der Waals surface area contributed by atoms with Crippen molar-refractivity contribution >= 4 is 23.4 Å². The summed E-state index contributed by atoms with van der Waals surface area (Å²) in [6.07, 6.45) is 0.342. The Balaban J connectivity index is 2.17. The van der Waals surface area contributed by atoms with Gasteiger partial charge in [0, 0.05) is 26.1 Å². The summed E-state index contributed by atoms with van der Waals surface area (Å²) in [5, 5.41) is 3.20. The largest absolute Gasteiger partial charge is 0.354 e. The molecule has 4 nitrogen and oxygen atoms in total. The van der Waals surface area contributed by atoms with Crippen molar-refractivity contribution < 1.29 is 9.59 Å². The van der Waals surface area contributed by atoms with Crippen molar-refractivity contribution in [3.63, 3.8) is 0 Å². The quantitative estimate of drug-likeness (QED) is 0.840. The van der Waals surface area contributed by atoms with E-state index < -0.39 is 0 Å². The average Bonchev–Trinajstić information content (AvgIpc) is 2.53. The Labute approximate surface area is 111 Å². The van der Waals surface area contributed by atoms with Crippen molar-refractivity contribution in [3.8, 4) is 0 Å². The number of amides is 2. The van der Waals surface area contributed by atoms with Gasteiger partial charge in [-0.3, -0.25) is 9.59 Å². The number of aryl methyl sites for hydroxylation is 1. The van der Waals surface area contributed by atoms with Gasteiger partial charge in [-0.1, -0.05) is 17.7 Å². The van der Waals surface area contributed by atoms with E-state index in [4.69, 9.17) is 11.6 Å². The van der Waals surface area contributed by atoms with Crippen molar-refractivity contribution in [1.29, 1.82) is 0 Å². The summed E-state index contributed by atoms with van der Waals surface area (Å²) in [6, 6.07) is 5.37. The van der Waals surface area contributed by atoms with E-state index in [2.05, 4.69) is 5.32 Å². The lowest BCUT2D eigenvalue weighted by atomic mass is 10.1. The Bertz CT molecular complexity index is 488. The number of carbonyl (C=O) groups is 2. The molecular weight excluding hydrogens is 252 g/mol. The molecule has 0 atom stereocenters. The number of nitrogens with zero attached hydrogens (tertiary/aromatic N) is 1. The fraction of sp³-hybridized carbons (Fsp3) is 0.385. The number of nitrogens with one attached hydrogen (secondary N) is 1. The van der Waals surface area contributed by atoms with Crippen LogP contribution in [-0.2, 0) is 4.79 Å². The molecule has 0 aliphatic carbocycles. The number of benzene rings is 1. The zero-order valence-electron chi connectivity index (χ0n) is 10.2. The van der Waals surface area contributed by atoms with Crippen LogP contribution in [-0.4, -0.2) is 36.3 Å². The lowest BCUT2D eigenvalue weighted by Crippen LogP contribution is -2.34. The maximum atomic E-state index is 12.3. The van der Waals surface area contributed by atoms with Gasteiger partial charge in [0.1, 0.15) is 0 Å². The second kappa shape index (κ2) is 5.40. The molecule has 96 valence electrons. The third kappa shape index (κ3) is 2.82. The molecule has 0 spiro atoms. The molecule has 1 aromatic rings. The molecule has 0 bridgehead atoms. The first kappa shape index (κ1) is 12.9. The topological polar surface area (TPSA) is 49.4 Å². The number of carbonyl (C=O) groups excluding carboxylic acids is 2. The molecule has 0 radical (unpaired) electrons. The molecule has 1 aliphatic heterocycles. The van der Waals surface area contributed by atoms with Crippen LogP contribution in [0.2, 0.25) is 5.02 Å². The van der Waals surface area contributed by atoms with Crippen LogP contribution >= 0.6 is 11.6 Å². The molecule has 1 N–H and O–H groups in total. The van der Waals surface area contributed by atoms with E-state index in [1.54, 1.807) is 17.0 Å². The highest BCUT2D eigenvalue weighted by atomic mass is 35.5. The molecule has 1 heterocycles. The predicted octanol–water partition coefficient (Wildman–Crippen LogP) is 1.61. The van der Waals surface area contributed by atoms with Gasteiger partial charge in [-0.15, -0.1) is 0 Å². The van der Waals surface area contributed by atoms with Crippen LogP contribution in [0.3, 0.4) is 0 Å². The average molecular weight is 267 g/mol. The molecule has 2 rings (SSSR count). The minimum atomic E-state index is -0.114. The van der Waals surface area contributed by atoms with E-state index in [0.717, 1.165) is 5.56 Å². The van der Waals surface area contributed by atoms with E-state index in [9.17, 15) is 9.59 Å². The second-order valence-corrected chi connectivity index (χ2v) is 4.78. The Morgan fingerprint density at radius 1 is 1.39 bits per heavy atom. The smallest absolute Gasteiger partial charge is 0.255 e. The first-order valence-corrected chi connectivity index (χ1v) is 6.28.